The second kappa shape index (κ2) is 33.0. The Morgan fingerprint density at radius 2 is 1.41 bits per heavy atom. The molecule has 0 saturated heterocycles. The van der Waals surface area contributed by atoms with Crippen LogP contribution in [-0.2, 0) is 32.7 Å². The average molecular weight is 852 g/mol. The maximum Gasteiger partial charge on any atom is 0.306 e. The van der Waals surface area contributed by atoms with Crippen molar-refractivity contribution in [2.24, 2.45) is 11.8 Å². The van der Waals surface area contributed by atoms with Gasteiger partial charge in [-0.15, -0.1) is 0 Å². The number of carbonyl (C=O) groups is 2. The summed E-state index contributed by atoms with van der Waals surface area (Å²) in [5.74, 6) is -1.50. The normalized spacial score (nSPS) is 21.2. The van der Waals surface area contributed by atoms with Gasteiger partial charge in [0.2, 0.25) is 0 Å². The summed E-state index contributed by atoms with van der Waals surface area (Å²) in [6.07, 6.45) is 33.2. The number of carbonyl (C=O) groups excluding carboxylic acids is 2. The highest BCUT2D eigenvalue weighted by molar-refractivity contribution is 7.45. The lowest BCUT2D eigenvalue weighted by molar-refractivity contribution is -0.870. The van der Waals surface area contributed by atoms with E-state index in [0.717, 1.165) is 57.8 Å². The maximum absolute atomic E-state index is 12.7. The third kappa shape index (κ3) is 30.1. The molecule has 0 aliphatic heterocycles. The van der Waals surface area contributed by atoms with Crippen LogP contribution in [0, 0.1) is 11.8 Å². The van der Waals surface area contributed by atoms with Crippen LogP contribution in [0.25, 0.3) is 0 Å². The molecule has 0 spiro atoms. The fourth-order valence-electron chi connectivity index (χ4n) is 6.28. The number of allylic oxidation sites excluding steroid dienone is 10. The van der Waals surface area contributed by atoms with Crippen LogP contribution in [-0.4, -0.2) is 104 Å². The van der Waals surface area contributed by atoms with E-state index in [9.17, 15) is 34.4 Å². The first-order chi connectivity index (χ1) is 28.2. The van der Waals surface area contributed by atoms with Gasteiger partial charge in [-0.25, -0.2) is 0 Å². The van der Waals surface area contributed by atoms with Crippen molar-refractivity contribution in [1.29, 1.82) is 0 Å². The van der Waals surface area contributed by atoms with Gasteiger partial charge in [0.05, 0.1) is 46.1 Å². The van der Waals surface area contributed by atoms with Gasteiger partial charge in [-0.2, -0.15) is 0 Å². The molecular formula is C46H78NO11P. The fourth-order valence-corrected chi connectivity index (χ4v) is 7.01. The number of unbranched alkanes of at least 4 members (excludes halogenated alkanes) is 5. The van der Waals surface area contributed by atoms with Crippen molar-refractivity contribution >= 4 is 19.8 Å². The summed E-state index contributed by atoms with van der Waals surface area (Å²) in [6, 6.07) is 0. The summed E-state index contributed by atoms with van der Waals surface area (Å²) in [5.41, 5.74) is 0. The van der Waals surface area contributed by atoms with E-state index in [1.165, 1.54) is 0 Å². The standard InChI is InChI=1S/C46H78NO11P/c1-6-8-10-11-12-13-14-15-16-17-18-19-20-21-27-31-46(52)58-40(38-57-59(53,54)56-35-34-47(3,4)5)37-55-45(51)30-26-23-22-25-29-41-42(44(50)36-43(41)49)33-32-39(48)28-24-9-7-2/h8,10,12-13,15-16,18-19,22,25,32-33,39-44,48-50H,6-7,9,11,14,17,20-21,23-24,26-31,34-38H2,1-5H3/b10-8-,13-12-,16-15-,19-18-,25-22+,33-32+/t39-,40+,41+,42+,43-,44+/m0/s1. The first-order valence-corrected chi connectivity index (χ1v) is 23.4. The molecule has 0 aromatic rings. The molecule has 59 heavy (non-hydrogen) atoms. The number of esters is 2. The minimum atomic E-state index is -4.70. The Morgan fingerprint density at radius 3 is 2.07 bits per heavy atom. The zero-order chi connectivity index (χ0) is 43.8. The van der Waals surface area contributed by atoms with E-state index in [-0.39, 0.29) is 44.3 Å². The average Bonchev–Trinajstić information content (AvgIpc) is 3.44. The highest BCUT2D eigenvalue weighted by atomic mass is 31.2. The Labute approximate surface area is 355 Å². The third-order valence-electron chi connectivity index (χ3n) is 9.78. The van der Waals surface area contributed by atoms with Crippen LogP contribution in [0.3, 0.4) is 0 Å². The van der Waals surface area contributed by atoms with E-state index in [0.29, 0.717) is 43.1 Å². The van der Waals surface area contributed by atoms with Gasteiger partial charge in [0.15, 0.2) is 6.10 Å². The number of hydrogen-bond donors (Lipinski definition) is 3. The van der Waals surface area contributed by atoms with Crippen molar-refractivity contribution in [2.45, 2.75) is 147 Å². The highest BCUT2D eigenvalue weighted by Gasteiger charge is 2.39. The number of likely N-dealkylation sites (N-methyl/N-ethyl adjacent to an activating group) is 1. The van der Waals surface area contributed by atoms with Crippen LogP contribution in [0.15, 0.2) is 72.9 Å². The van der Waals surface area contributed by atoms with Crippen LogP contribution < -0.4 is 4.89 Å². The first-order valence-electron chi connectivity index (χ1n) is 21.9. The summed E-state index contributed by atoms with van der Waals surface area (Å²) < 4.78 is 33.8. The molecule has 0 amide bonds. The topological polar surface area (TPSA) is 172 Å². The Balaban J connectivity index is 2.55. The van der Waals surface area contributed by atoms with E-state index in [1.54, 1.807) is 6.08 Å². The van der Waals surface area contributed by atoms with Gasteiger partial charge in [-0.3, -0.25) is 14.2 Å². The first kappa shape index (κ1) is 54.3. The minimum Gasteiger partial charge on any atom is -0.756 e. The number of rotatable bonds is 34. The molecule has 0 bridgehead atoms. The lowest BCUT2D eigenvalue weighted by atomic mass is 9.89. The smallest absolute Gasteiger partial charge is 0.306 e. The Morgan fingerprint density at radius 1 is 0.780 bits per heavy atom. The van der Waals surface area contributed by atoms with Crippen LogP contribution in [0.1, 0.15) is 123 Å². The summed E-state index contributed by atoms with van der Waals surface area (Å²) in [5, 5.41) is 31.3. The number of aliphatic hydroxyl groups is 3. The largest absolute Gasteiger partial charge is 0.756 e. The van der Waals surface area contributed by atoms with Crippen molar-refractivity contribution in [1.82, 2.24) is 0 Å². The Bertz CT molecular complexity index is 1350. The number of ether oxygens (including phenoxy) is 2. The van der Waals surface area contributed by atoms with Gasteiger partial charge in [-0.05, 0) is 76.5 Å². The number of quaternary nitrogens is 1. The quantitative estimate of drug-likeness (QED) is 0.0188. The molecule has 12 nitrogen and oxygen atoms in total. The molecule has 338 valence electrons. The van der Waals surface area contributed by atoms with Gasteiger partial charge in [0.1, 0.15) is 19.8 Å². The summed E-state index contributed by atoms with van der Waals surface area (Å²) in [6.45, 7) is 3.65. The van der Waals surface area contributed by atoms with Crippen molar-refractivity contribution in [3.63, 3.8) is 0 Å². The van der Waals surface area contributed by atoms with Gasteiger partial charge < -0.3 is 43.2 Å². The highest BCUT2D eigenvalue weighted by Crippen LogP contribution is 2.38. The molecule has 3 N–H and O–H groups in total. The number of hydrogen-bond acceptors (Lipinski definition) is 11. The third-order valence-corrected chi connectivity index (χ3v) is 10.7. The molecule has 1 rings (SSSR count). The van der Waals surface area contributed by atoms with Crippen LogP contribution in [0.2, 0.25) is 0 Å². The minimum absolute atomic E-state index is 0.0818. The van der Waals surface area contributed by atoms with E-state index < -0.39 is 50.8 Å². The lowest BCUT2D eigenvalue weighted by Crippen LogP contribution is -2.37. The Hall–Kier alpha value is -2.67. The summed E-state index contributed by atoms with van der Waals surface area (Å²) in [7, 11) is 0.991. The predicted octanol–water partition coefficient (Wildman–Crippen LogP) is 7.99. The van der Waals surface area contributed by atoms with Crippen LogP contribution in [0.5, 0.6) is 0 Å². The van der Waals surface area contributed by atoms with E-state index in [1.807, 2.05) is 39.4 Å². The van der Waals surface area contributed by atoms with Crippen LogP contribution >= 0.6 is 7.82 Å². The second-order valence-electron chi connectivity index (χ2n) is 16.3. The molecule has 1 fully saturated rings. The molecule has 0 aromatic heterocycles. The van der Waals surface area contributed by atoms with E-state index in [4.69, 9.17) is 18.5 Å². The van der Waals surface area contributed by atoms with E-state index >= 15 is 0 Å². The van der Waals surface area contributed by atoms with Gasteiger partial charge in [0.25, 0.3) is 7.82 Å². The zero-order valence-corrected chi connectivity index (χ0v) is 37.6. The SMILES string of the molecule is CC/C=C\C/C=C\C/C=C\C/C=C\CCCCC(=O)O[C@H](COC(=O)CCC/C=C/C[C@@H]1[C@@H](/C=C/[C@@H](O)CCCCC)[C@H](O)C[C@@H]1O)COP(=O)([O-])OCC[N+](C)(C)C. The van der Waals surface area contributed by atoms with Crippen molar-refractivity contribution in [2.75, 3.05) is 47.5 Å². The van der Waals surface area contributed by atoms with Gasteiger partial charge in [0, 0.05) is 25.2 Å². The van der Waals surface area contributed by atoms with Crippen molar-refractivity contribution < 1.29 is 57.4 Å². The molecule has 13 heteroatoms. The molecule has 1 unspecified atom stereocenters. The summed E-state index contributed by atoms with van der Waals surface area (Å²) in [4.78, 5) is 37.7. The molecule has 1 aliphatic rings. The number of phosphoric ester groups is 1. The zero-order valence-electron chi connectivity index (χ0n) is 36.7. The monoisotopic (exact) mass is 852 g/mol. The van der Waals surface area contributed by atoms with Crippen molar-refractivity contribution in [3.8, 4) is 0 Å². The molecule has 0 radical (unpaired) electrons. The summed E-state index contributed by atoms with van der Waals surface area (Å²) >= 11 is 0. The van der Waals surface area contributed by atoms with Gasteiger partial charge >= 0.3 is 11.9 Å². The molecule has 1 saturated carbocycles. The fraction of sp³-hybridized carbons (Fsp3) is 0.696. The molecular weight excluding hydrogens is 773 g/mol. The Kier molecular flexibility index (Phi) is 30.4. The molecule has 0 aromatic carbocycles. The van der Waals surface area contributed by atoms with Crippen molar-refractivity contribution in [3.05, 3.63) is 72.9 Å². The van der Waals surface area contributed by atoms with Crippen LogP contribution in [0.4, 0.5) is 0 Å². The lowest BCUT2D eigenvalue weighted by Gasteiger charge is -2.28. The molecule has 0 heterocycles. The molecule has 7 atom stereocenters. The predicted molar refractivity (Wildman–Crippen MR) is 233 cm³/mol. The maximum atomic E-state index is 12.7. The number of aliphatic hydroxyl groups excluding tert-OH is 3. The second-order valence-corrected chi connectivity index (χ2v) is 17.7. The number of phosphoric acid groups is 1. The number of nitrogens with zero attached hydrogens (tertiary/aromatic N) is 1. The van der Waals surface area contributed by atoms with E-state index in [2.05, 4.69) is 62.5 Å². The van der Waals surface area contributed by atoms with Gasteiger partial charge in [-0.1, -0.05) is 106 Å². The molecule has 1 aliphatic carbocycles.